The Morgan fingerprint density at radius 1 is 1.17 bits per heavy atom. The Hall–Kier alpha value is -3.42. The molecule has 5 heterocycles. The third kappa shape index (κ3) is 5.97. The topological polar surface area (TPSA) is 113 Å². The molecular formula is C28H33N5O6S2. The predicted octanol–water partition coefficient (Wildman–Crippen LogP) is 6.03. The second-order valence-corrected chi connectivity index (χ2v) is 12.9. The van der Waals surface area contributed by atoms with Crippen LogP contribution >= 0.6 is 23.1 Å². The van der Waals surface area contributed by atoms with Crippen molar-refractivity contribution in [2.75, 3.05) is 32.7 Å². The van der Waals surface area contributed by atoms with E-state index < -0.39 is 5.60 Å². The van der Waals surface area contributed by atoms with Crippen molar-refractivity contribution in [3.05, 3.63) is 40.5 Å². The zero-order chi connectivity index (χ0) is 28.7. The van der Waals surface area contributed by atoms with Crippen LogP contribution in [-0.2, 0) is 16.1 Å². The van der Waals surface area contributed by atoms with Gasteiger partial charge in [-0.05, 0) is 51.4 Å². The quantitative estimate of drug-likeness (QED) is 0.270. The van der Waals surface area contributed by atoms with E-state index in [1.54, 1.807) is 30.5 Å². The van der Waals surface area contributed by atoms with Crippen LogP contribution in [0.4, 0.5) is 4.79 Å². The molecule has 218 valence electrons. The number of carbonyl (C=O) groups is 1. The number of thiazole rings is 1. The summed E-state index contributed by atoms with van der Waals surface area (Å²) in [6, 6.07) is 5.63. The minimum Gasteiger partial charge on any atom is -0.496 e. The highest BCUT2D eigenvalue weighted by Gasteiger charge is 2.29. The summed E-state index contributed by atoms with van der Waals surface area (Å²) < 4.78 is 30.6. The first-order chi connectivity index (χ1) is 19.7. The molecule has 3 aromatic heterocycles. The van der Waals surface area contributed by atoms with Crippen molar-refractivity contribution in [3.8, 4) is 23.0 Å². The minimum atomic E-state index is -0.491. The second kappa shape index (κ2) is 11.1. The number of carbonyl (C=O) groups excluding carboxylic acids is 1. The lowest BCUT2D eigenvalue weighted by Crippen LogP contribution is -2.41. The summed E-state index contributed by atoms with van der Waals surface area (Å²) in [6.45, 7) is 7.30. The van der Waals surface area contributed by atoms with Gasteiger partial charge >= 0.3 is 6.09 Å². The number of fused-ring (bicyclic) bond motifs is 2. The maximum Gasteiger partial charge on any atom is 0.410 e. The van der Waals surface area contributed by atoms with Gasteiger partial charge in [0.15, 0.2) is 16.5 Å². The highest BCUT2D eigenvalue weighted by atomic mass is 32.2. The van der Waals surface area contributed by atoms with E-state index in [4.69, 9.17) is 28.3 Å². The number of ether oxygens (including phenoxy) is 4. The fourth-order valence-corrected chi connectivity index (χ4v) is 6.60. The molecule has 1 amide bonds. The van der Waals surface area contributed by atoms with Crippen molar-refractivity contribution >= 4 is 40.2 Å². The maximum atomic E-state index is 12.4. The number of piperidine rings is 1. The first-order valence-corrected chi connectivity index (χ1v) is 15.2. The molecule has 13 heteroatoms. The number of hydrogen-bond donors (Lipinski definition) is 1. The van der Waals surface area contributed by atoms with Gasteiger partial charge in [0.25, 0.3) is 0 Å². The number of methoxy groups -OCH3 is 2. The molecule has 2 aliphatic heterocycles. The Balaban J connectivity index is 1.12. The van der Waals surface area contributed by atoms with Crippen LogP contribution in [0.25, 0.3) is 22.4 Å². The molecule has 1 saturated heterocycles. The van der Waals surface area contributed by atoms with Gasteiger partial charge in [0.2, 0.25) is 0 Å². The van der Waals surface area contributed by atoms with Gasteiger partial charge in [-0.25, -0.2) is 19.4 Å². The van der Waals surface area contributed by atoms with E-state index in [2.05, 4.69) is 10.4 Å². The SMILES string of the molecule is COc1cc(OCc2csc(C3CCN(C(=O)OC(C)(C)C)CC3)n2)c2cc(-c3cn4c(n3)SC(OC)N4)oc2c1. The fourth-order valence-electron chi connectivity index (χ4n) is 4.80. The highest BCUT2D eigenvalue weighted by molar-refractivity contribution is 7.99. The van der Waals surface area contributed by atoms with Crippen molar-refractivity contribution in [1.29, 1.82) is 0 Å². The normalized spacial score (nSPS) is 17.5. The maximum absolute atomic E-state index is 12.4. The van der Waals surface area contributed by atoms with Gasteiger partial charge in [-0.1, -0.05) is 0 Å². The van der Waals surface area contributed by atoms with Gasteiger partial charge in [-0.2, -0.15) is 0 Å². The van der Waals surface area contributed by atoms with Crippen LogP contribution in [0.5, 0.6) is 11.5 Å². The second-order valence-electron chi connectivity index (χ2n) is 10.9. The summed E-state index contributed by atoms with van der Waals surface area (Å²) in [5.41, 5.74) is 4.76. The van der Waals surface area contributed by atoms with E-state index in [9.17, 15) is 4.79 Å². The molecule has 11 nitrogen and oxygen atoms in total. The van der Waals surface area contributed by atoms with Crippen molar-refractivity contribution in [1.82, 2.24) is 19.5 Å². The van der Waals surface area contributed by atoms with Crippen LogP contribution in [-0.4, -0.2) is 64.1 Å². The van der Waals surface area contributed by atoms with Crippen LogP contribution in [0.3, 0.4) is 0 Å². The molecule has 1 aromatic carbocycles. The lowest BCUT2D eigenvalue weighted by molar-refractivity contribution is 0.0204. The zero-order valence-electron chi connectivity index (χ0n) is 23.6. The molecule has 4 aromatic rings. The van der Waals surface area contributed by atoms with Crippen LogP contribution in [0.2, 0.25) is 0 Å². The summed E-state index contributed by atoms with van der Waals surface area (Å²) in [4.78, 5) is 23.7. The first-order valence-electron chi connectivity index (χ1n) is 13.4. The molecule has 1 fully saturated rings. The Kier molecular flexibility index (Phi) is 7.51. The smallest absolute Gasteiger partial charge is 0.410 e. The molecule has 0 bridgehead atoms. The van der Waals surface area contributed by atoms with Gasteiger partial charge in [0, 0.05) is 43.6 Å². The summed E-state index contributed by atoms with van der Waals surface area (Å²) >= 11 is 3.13. The van der Waals surface area contributed by atoms with Crippen molar-refractivity contribution in [3.63, 3.8) is 0 Å². The number of thioether (sulfide) groups is 1. The Bertz CT molecular complexity index is 1530. The molecule has 6 rings (SSSR count). The molecule has 0 radical (unpaired) electrons. The molecule has 0 saturated carbocycles. The number of aromatic nitrogens is 3. The van der Waals surface area contributed by atoms with Gasteiger partial charge in [-0.3, -0.25) is 5.43 Å². The van der Waals surface area contributed by atoms with E-state index in [0.29, 0.717) is 54.2 Å². The van der Waals surface area contributed by atoms with Gasteiger partial charge < -0.3 is 28.3 Å². The first kappa shape index (κ1) is 27.7. The molecule has 0 aliphatic carbocycles. The Morgan fingerprint density at radius 2 is 1.98 bits per heavy atom. The number of furan rings is 1. The van der Waals surface area contributed by atoms with Crippen molar-refractivity contribution < 1.29 is 28.2 Å². The van der Waals surface area contributed by atoms with E-state index in [-0.39, 0.29) is 11.7 Å². The van der Waals surface area contributed by atoms with Gasteiger partial charge in [0.1, 0.15) is 35.0 Å². The number of nitrogens with one attached hydrogen (secondary N) is 1. The van der Waals surface area contributed by atoms with Crippen LogP contribution in [0, 0.1) is 0 Å². The predicted molar refractivity (Wildman–Crippen MR) is 156 cm³/mol. The largest absolute Gasteiger partial charge is 0.496 e. The monoisotopic (exact) mass is 599 g/mol. The number of rotatable bonds is 7. The van der Waals surface area contributed by atoms with Crippen LogP contribution < -0.4 is 14.9 Å². The number of hydrogen-bond acceptors (Lipinski definition) is 11. The van der Waals surface area contributed by atoms with Gasteiger partial charge in [0.05, 0.1) is 29.4 Å². The zero-order valence-corrected chi connectivity index (χ0v) is 25.3. The number of imidazole rings is 1. The van der Waals surface area contributed by atoms with Gasteiger partial charge in [-0.15, -0.1) is 11.3 Å². The molecule has 41 heavy (non-hydrogen) atoms. The summed E-state index contributed by atoms with van der Waals surface area (Å²) in [5.74, 6) is 2.23. The van der Waals surface area contributed by atoms with Crippen molar-refractivity contribution in [2.45, 2.75) is 62.5 Å². The molecule has 2 aliphatic rings. The van der Waals surface area contributed by atoms with E-state index in [0.717, 1.165) is 34.1 Å². The van der Waals surface area contributed by atoms with E-state index in [1.165, 1.54) is 11.8 Å². The molecule has 0 spiro atoms. The van der Waals surface area contributed by atoms with Crippen LogP contribution in [0.1, 0.15) is 50.2 Å². The third-order valence-corrected chi connectivity index (χ3v) is 8.91. The number of amides is 1. The molecule has 1 N–H and O–H groups in total. The Labute approximate surface area is 246 Å². The average Bonchev–Trinajstić information content (AvgIpc) is 3.73. The number of benzene rings is 1. The van der Waals surface area contributed by atoms with E-state index >= 15 is 0 Å². The standard InChI is InChI=1S/C28H33N5O6S2/c1-28(2,3)39-27(34)32-8-6-16(7-9-32)24-29-17(15-40-24)14-37-21-10-18(35-4)11-22-19(21)12-23(38-22)20-13-33-25(30-20)41-26(31-33)36-5/h10-13,15-16,26,31H,6-9,14H2,1-5H3. The summed E-state index contributed by atoms with van der Waals surface area (Å²) in [5, 5.41) is 4.74. The van der Waals surface area contributed by atoms with Crippen LogP contribution in [0.15, 0.2) is 39.3 Å². The summed E-state index contributed by atoms with van der Waals surface area (Å²) in [7, 11) is 3.26. The average molecular weight is 600 g/mol. The number of nitrogens with zero attached hydrogens (tertiary/aromatic N) is 4. The molecular weight excluding hydrogens is 566 g/mol. The van der Waals surface area contributed by atoms with E-state index in [1.807, 2.05) is 55.2 Å². The number of likely N-dealkylation sites (tertiary alicyclic amines) is 1. The molecule has 1 unspecified atom stereocenters. The minimum absolute atomic E-state index is 0.164. The lowest BCUT2D eigenvalue weighted by atomic mass is 9.98. The molecule has 1 atom stereocenters. The fraction of sp³-hybridized carbons (Fsp3) is 0.464. The van der Waals surface area contributed by atoms with Crippen molar-refractivity contribution in [2.24, 2.45) is 0 Å². The third-order valence-electron chi connectivity index (χ3n) is 6.85. The highest BCUT2D eigenvalue weighted by Crippen LogP contribution is 2.39. The Morgan fingerprint density at radius 3 is 2.68 bits per heavy atom. The summed E-state index contributed by atoms with van der Waals surface area (Å²) in [6.07, 6.45) is 3.35. The lowest BCUT2D eigenvalue weighted by Gasteiger charge is -2.32.